The zero-order chi connectivity index (χ0) is 14.3. The molecule has 19 heavy (non-hydrogen) atoms. The molecule has 0 saturated heterocycles. The Balaban J connectivity index is 2.35. The number of rotatable bonds is 8. The van der Waals surface area contributed by atoms with Crippen molar-refractivity contribution >= 4 is 17.5 Å². The molecule has 0 bridgehead atoms. The molecule has 1 heterocycles. The van der Waals surface area contributed by atoms with E-state index < -0.39 is 5.91 Å². The molecule has 5 N–H and O–H groups in total. The lowest BCUT2D eigenvalue weighted by atomic mass is 10.0. The SMILES string of the molecule is CC(CCN)CCC(=O)Nc1cnn(CC(N)=O)c1. The number of primary amides is 1. The molecule has 0 saturated carbocycles. The molecular formula is C12H21N5O2. The second kappa shape index (κ2) is 7.52. The summed E-state index contributed by atoms with van der Waals surface area (Å²) in [7, 11) is 0. The van der Waals surface area contributed by atoms with Crippen molar-refractivity contribution in [2.45, 2.75) is 32.7 Å². The maximum Gasteiger partial charge on any atom is 0.239 e. The number of carbonyl (C=O) groups excluding carboxylic acids is 2. The second-order valence-corrected chi connectivity index (χ2v) is 4.66. The zero-order valence-electron chi connectivity index (χ0n) is 11.1. The Morgan fingerprint density at radius 1 is 1.47 bits per heavy atom. The van der Waals surface area contributed by atoms with Gasteiger partial charge in [-0.1, -0.05) is 6.92 Å². The average molecular weight is 267 g/mol. The van der Waals surface area contributed by atoms with Crippen LogP contribution in [0.15, 0.2) is 12.4 Å². The summed E-state index contributed by atoms with van der Waals surface area (Å²) in [6.07, 6.45) is 5.24. The van der Waals surface area contributed by atoms with Gasteiger partial charge in [-0.15, -0.1) is 0 Å². The topological polar surface area (TPSA) is 116 Å². The van der Waals surface area contributed by atoms with Crippen LogP contribution < -0.4 is 16.8 Å². The highest BCUT2D eigenvalue weighted by Gasteiger charge is 2.08. The molecule has 1 aromatic rings. The Morgan fingerprint density at radius 2 is 2.21 bits per heavy atom. The van der Waals surface area contributed by atoms with Gasteiger partial charge in [-0.3, -0.25) is 14.3 Å². The van der Waals surface area contributed by atoms with E-state index >= 15 is 0 Å². The standard InChI is InChI=1S/C12H21N5O2/c1-9(4-5-13)2-3-12(19)16-10-6-15-17(7-10)8-11(14)18/h6-7,9H,2-5,8,13H2,1H3,(H2,14,18)(H,16,19). The predicted octanol–water partition coefficient (Wildman–Crippen LogP) is 0.0720. The molecule has 0 aromatic carbocycles. The third kappa shape index (κ3) is 6.01. The molecule has 0 spiro atoms. The van der Waals surface area contributed by atoms with Crippen LogP contribution in [0.25, 0.3) is 0 Å². The van der Waals surface area contributed by atoms with Gasteiger partial charge in [0.05, 0.1) is 11.9 Å². The lowest BCUT2D eigenvalue weighted by Crippen LogP contribution is -2.18. The summed E-state index contributed by atoms with van der Waals surface area (Å²) >= 11 is 0. The van der Waals surface area contributed by atoms with Crippen LogP contribution >= 0.6 is 0 Å². The summed E-state index contributed by atoms with van der Waals surface area (Å²) in [6, 6.07) is 0. The van der Waals surface area contributed by atoms with E-state index in [9.17, 15) is 9.59 Å². The predicted molar refractivity (Wildman–Crippen MR) is 72.1 cm³/mol. The summed E-state index contributed by atoms with van der Waals surface area (Å²) in [5.41, 5.74) is 11.1. The van der Waals surface area contributed by atoms with Gasteiger partial charge in [-0.05, 0) is 25.3 Å². The van der Waals surface area contributed by atoms with Gasteiger partial charge >= 0.3 is 0 Å². The van der Waals surface area contributed by atoms with Gasteiger partial charge in [0.1, 0.15) is 6.54 Å². The molecule has 0 aliphatic heterocycles. The molecular weight excluding hydrogens is 246 g/mol. The van der Waals surface area contributed by atoms with E-state index in [0.29, 0.717) is 24.6 Å². The van der Waals surface area contributed by atoms with Gasteiger partial charge in [0.25, 0.3) is 0 Å². The largest absolute Gasteiger partial charge is 0.368 e. The first-order valence-electron chi connectivity index (χ1n) is 6.32. The normalized spacial score (nSPS) is 12.1. The molecule has 1 rings (SSSR count). The molecule has 1 aromatic heterocycles. The Hall–Kier alpha value is -1.89. The van der Waals surface area contributed by atoms with E-state index in [1.54, 1.807) is 6.20 Å². The number of nitrogens with two attached hydrogens (primary N) is 2. The van der Waals surface area contributed by atoms with Crippen molar-refractivity contribution in [1.29, 1.82) is 0 Å². The summed E-state index contributed by atoms with van der Waals surface area (Å²) < 4.78 is 1.38. The van der Waals surface area contributed by atoms with Gasteiger partial charge in [0.2, 0.25) is 11.8 Å². The quantitative estimate of drug-likeness (QED) is 0.618. The van der Waals surface area contributed by atoms with E-state index in [1.165, 1.54) is 10.9 Å². The van der Waals surface area contributed by atoms with E-state index in [1.807, 2.05) is 0 Å². The second-order valence-electron chi connectivity index (χ2n) is 4.66. The molecule has 0 radical (unpaired) electrons. The van der Waals surface area contributed by atoms with Crippen LogP contribution in [0.1, 0.15) is 26.2 Å². The van der Waals surface area contributed by atoms with Crippen molar-refractivity contribution < 1.29 is 9.59 Å². The number of hydrogen-bond donors (Lipinski definition) is 3. The molecule has 7 heteroatoms. The number of nitrogens with one attached hydrogen (secondary N) is 1. The molecule has 1 atom stereocenters. The van der Waals surface area contributed by atoms with E-state index in [2.05, 4.69) is 17.3 Å². The van der Waals surface area contributed by atoms with Crippen molar-refractivity contribution in [1.82, 2.24) is 9.78 Å². The molecule has 0 fully saturated rings. The summed E-state index contributed by atoms with van der Waals surface area (Å²) in [6.45, 7) is 2.72. The zero-order valence-corrected chi connectivity index (χ0v) is 11.1. The first kappa shape index (κ1) is 15.2. The highest BCUT2D eigenvalue weighted by Crippen LogP contribution is 2.11. The van der Waals surface area contributed by atoms with Crippen molar-refractivity contribution in [3.8, 4) is 0 Å². The maximum atomic E-state index is 11.7. The van der Waals surface area contributed by atoms with Gasteiger partial charge < -0.3 is 16.8 Å². The average Bonchev–Trinajstić information content (AvgIpc) is 2.73. The van der Waals surface area contributed by atoms with Gasteiger partial charge in [-0.25, -0.2) is 0 Å². The van der Waals surface area contributed by atoms with Crippen molar-refractivity contribution in [3.05, 3.63) is 12.4 Å². The number of amides is 2. The minimum absolute atomic E-state index is 0.00338. The molecule has 2 amide bonds. The van der Waals surface area contributed by atoms with Gasteiger partial charge in [-0.2, -0.15) is 5.10 Å². The first-order valence-corrected chi connectivity index (χ1v) is 6.32. The third-order valence-electron chi connectivity index (χ3n) is 2.76. The van der Waals surface area contributed by atoms with Crippen molar-refractivity contribution in [2.75, 3.05) is 11.9 Å². The number of nitrogens with zero attached hydrogens (tertiary/aromatic N) is 2. The fourth-order valence-corrected chi connectivity index (χ4v) is 1.70. The van der Waals surface area contributed by atoms with Crippen LogP contribution in [0.4, 0.5) is 5.69 Å². The van der Waals surface area contributed by atoms with Crippen LogP contribution in [0.3, 0.4) is 0 Å². The number of aromatic nitrogens is 2. The van der Waals surface area contributed by atoms with Gasteiger partial charge in [0.15, 0.2) is 0 Å². The molecule has 0 aliphatic rings. The minimum Gasteiger partial charge on any atom is -0.368 e. The fourth-order valence-electron chi connectivity index (χ4n) is 1.70. The summed E-state index contributed by atoms with van der Waals surface area (Å²) in [5.74, 6) is -0.104. The van der Waals surface area contributed by atoms with Crippen molar-refractivity contribution in [2.24, 2.45) is 17.4 Å². The smallest absolute Gasteiger partial charge is 0.239 e. The van der Waals surface area contributed by atoms with E-state index in [-0.39, 0.29) is 12.5 Å². The van der Waals surface area contributed by atoms with Crippen LogP contribution in [-0.4, -0.2) is 28.1 Å². The fraction of sp³-hybridized carbons (Fsp3) is 0.583. The van der Waals surface area contributed by atoms with E-state index in [0.717, 1.165) is 12.8 Å². The minimum atomic E-state index is -0.475. The molecule has 0 aliphatic carbocycles. The Morgan fingerprint density at radius 3 is 2.84 bits per heavy atom. The Kier molecular flexibility index (Phi) is 6.01. The van der Waals surface area contributed by atoms with Crippen LogP contribution in [-0.2, 0) is 16.1 Å². The third-order valence-corrected chi connectivity index (χ3v) is 2.76. The van der Waals surface area contributed by atoms with Crippen LogP contribution in [0, 0.1) is 5.92 Å². The Bertz CT molecular complexity index is 430. The lowest BCUT2D eigenvalue weighted by Gasteiger charge is -2.08. The lowest BCUT2D eigenvalue weighted by molar-refractivity contribution is -0.118. The number of anilines is 1. The van der Waals surface area contributed by atoms with Gasteiger partial charge in [0, 0.05) is 12.6 Å². The summed E-state index contributed by atoms with van der Waals surface area (Å²) in [5, 5.41) is 6.65. The number of hydrogen-bond acceptors (Lipinski definition) is 4. The Labute approximate surface area is 112 Å². The number of carbonyl (C=O) groups is 2. The van der Waals surface area contributed by atoms with Crippen molar-refractivity contribution in [3.63, 3.8) is 0 Å². The molecule has 7 nitrogen and oxygen atoms in total. The molecule has 106 valence electrons. The van der Waals surface area contributed by atoms with E-state index in [4.69, 9.17) is 11.5 Å². The van der Waals surface area contributed by atoms with Crippen LogP contribution in [0.5, 0.6) is 0 Å². The van der Waals surface area contributed by atoms with Crippen LogP contribution in [0.2, 0.25) is 0 Å². The first-order chi connectivity index (χ1) is 9.01. The maximum absolute atomic E-state index is 11.7. The highest BCUT2D eigenvalue weighted by atomic mass is 16.2. The summed E-state index contributed by atoms with van der Waals surface area (Å²) in [4.78, 5) is 22.4. The monoisotopic (exact) mass is 267 g/mol. The highest BCUT2D eigenvalue weighted by molar-refractivity contribution is 5.90. The molecule has 1 unspecified atom stereocenters.